The molecule has 3 aromatic rings. The normalized spacial score (nSPS) is 10.5. The fourth-order valence-electron chi connectivity index (χ4n) is 2.07. The molecule has 0 saturated carbocycles. The van der Waals surface area contributed by atoms with Gasteiger partial charge in [0.05, 0.1) is 0 Å². The van der Waals surface area contributed by atoms with Crippen molar-refractivity contribution in [2.45, 2.75) is 17.0 Å². The molecule has 0 aliphatic carbocycles. The molecule has 0 bridgehead atoms. The summed E-state index contributed by atoms with van der Waals surface area (Å²) in [7, 11) is 0. The Balaban J connectivity index is 1.47. The number of aryl methyl sites for hydroxylation is 1. The SMILES string of the molecule is Cc1ccccc1CSc1nnc(NC(=O)COc2ccc(Cl)cc2)s1. The lowest BCUT2D eigenvalue weighted by molar-refractivity contribution is -0.118. The molecule has 3 rings (SSSR count). The van der Waals surface area contributed by atoms with Crippen LogP contribution in [0, 0.1) is 6.92 Å². The average Bonchev–Trinajstić information content (AvgIpc) is 3.08. The van der Waals surface area contributed by atoms with E-state index >= 15 is 0 Å². The number of benzene rings is 2. The van der Waals surface area contributed by atoms with Gasteiger partial charge in [0.1, 0.15) is 5.75 Å². The lowest BCUT2D eigenvalue weighted by Gasteiger charge is -2.05. The number of hydrogen-bond acceptors (Lipinski definition) is 6. The summed E-state index contributed by atoms with van der Waals surface area (Å²) in [5, 5.41) is 11.9. The molecule has 0 fully saturated rings. The molecule has 0 spiro atoms. The number of hydrogen-bond donors (Lipinski definition) is 1. The van der Waals surface area contributed by atoms with Gasteiger partial charge in [-0.05, 0) is 42.3 Å². The van der Waals surface area contributed by atoms with E-state index < -0.39 is 0 Å². The molecule has 0 aliphatic heterocycles. The molecule has 1 aromatic heterocycles. The Bertz CT molecular complexity index is 884. The third kappa shape index (κ3) is 5.45. The van der Waals surface area contributed by atoms with Crippen molar-refractivity contribution in [2.24, 2.45) is 0 Å². The maximum atomic E-state index is 12.0. The fraction of sp³-hybridized carbons (Fsp3) is 0.167. The van der Waals surface area contributed by atoms with Gasteiger partial charge in [-0.25, -0.2) is 0 Å². The van der Waals surface area contributed by atoms with Crippen LogP contribution >= 0.6 is 34.7 Å². The lowest BCUT2D eigenvalue weighted by Crippen LogP contribution is -2.20. The quantitative estimate of drug-likeness (QED) is 0.451. The molecule has 1 heterocycles. The summed E-state index contributed by atoms with van der Waals surface area (Å²) in [6.45, 7) is 1.98. The highest BCUT2D eigenvalue weighted by Gasteiger charge is 2.10. The molecule has 0 unspecified atom stereocenters. The van der Waals surface area contributed by atoms with Crippen molar-refractivity contribution in [2.75, 3.05) is 11.9 Å². The molecule has 0 saturated heterocycles. The van der Waals surface area contributed by atoms with Gasteiger partial charge >= 0.3 is 0 Å². The summed E-state index contributed by atoms with van der Waals surface area (Å²) in [6.07, 6.45) is 0. The Kier molecular flexibility index (Phi) is 6.49. The van der Waals surface area contributed by atoms with E-state index in [0.717, 1.165) is 10.1 Å². The van der Waals surface area contributed by atoms with Crippen LogP contribution in [0.2, 0.25) is 5.02 Å². The molecule has 0 aliphatic rings. The minimum Gasteiger partial charge on any atom is -0.484 e. The monoisotopic (exact) mass is 405 g/mol. The Morgan fingerprint density at radius 1 is 1.19 bits per heavy atom. The van der Waals surface area contributed by atoms with Crippen molar-refractivity contribution in [3.05, 3.63) is 64.7 Å². The maximum absolute atomic E-state index is 12.0. The number of carbonyl (C=O) groups excluding carboxylic acids is 1. The van der Waals surface area contributed by atoms with Crippen LogP contribution in [-0.4, -0.2) is 22.7 Å². The molecule has 5 nitrogen and oxygen atoms in total. The highest BCUT2D eigenvalue weighted by atomic mass is 35.5. The van der Waals surface area contributed by atoms with Crippen LogP contribution in [0.1, 0.15) is 11.1 Å². The van der Waals surface area contributed by atoms with Crippen molar-refractivity contribution in [3.63, 3.8) is 0 Å². The Morgan fingerprint density at radius 3 is 2.73 bits per heavy atom. The summed E-state index contributed by atoms with van der Waals surface area (Å²) < 4.78 is 6.21. The van der Waals surface area contributed by atoms with Crippen LogP contribution in [0.3, 0.4) is 0 Å². The van der Waals surface area contributed by atoms with E-state index in [1.54, 1.807) is 36.0 Å². The van der Waals surface area contributed by atoms with E-state index in [-0.39, 0.29) is 12.5 Å². The van der Waals surface area contributed by atoms with Gasteiger partial charge in [-0.3, -0.25) is 10.1 Å². The number of ether oxygens (including phenoxy) is 1. The first-order valence-corrected chi connectivity index (χ1v) is 9.97. The molecular formula is C18H16ClN3O2S2. The van der Waals surface area contributed by atoms with Crippen LogP contribution in [0.25, 0.3) is 0 Å². The summed E-state index contributed by atoms with van der Waals surface area (Å²) in [5.41, 5.74) is 2.51. The zero-order valence-electron chi connectivity index (χ0n) is 13.9. The third-order valence-corrected chi connectivity index (χ3v) is 5.72. The van der Waals surface area contributed by atoms with Gasteiger partial charge in [0.15, 0.2) is 10.9 Å². The van der Waals surface area contributed by atoms with Crippen molar-refractivity contribution in [1.82, 2.24) is 10.2 Å². The van der Waals surface area contributed by atoms with Crippen LogP contribution in [0.4, 0.5) is 5.13 Å². The van der Waals surface area contributed by atoms with E-state index in [1.165, 1.54) is 22.5 Å². The third-order valence-electron chi connectivity index (χ3n) is 3.45. The summed E-state index contributed by atoms with van der Waals surface area (Å²) in [6, 6.07) is 15.1. The predicted octanol–water partition coefficient (Wildman–Crippen LogP) is 4.81. The van der Waals surface area contributed by atoms with Gasteiger partial charge in [0.25, 0.3) is 5.91 Å². The van der Waals surface area contributed by atoms with Gasteiger partial charge in [-0.15, -0.1) is 10.2 Å². The Morgan fingerprint density at radius 2 is 1.96 bits per heavy atom. The molecule has 1 amide bonds. The van der Waals surface area contributed by atoms with Gasteiger partial charge < -0.3 is 4.74 Å². The summed E-state index contributed by atoms with van der Waals surface area (Å²) in [5.74, 6) is 1.11. The molecule has 2 aromatic carbocycles. The number of halogens is 1. The highest BCUT2D eigenvalue weighted by Crippen LogP contribution is 2.29. The molecule has 26 heavy (non-hydrogen) atoms. The highest BCUT2D eigenvalue weighted by molar-refractivity contribution is 8.00. The van der Waals surface area contributed by atoms with E-state index in [9.17, 15) is 4.79 Å². The number of nitrogens with one attached hydrogen (secondary N) is 1. The van der Waals surface area contributed by atoms with E-state index in [2.05, 4.69) is 34.6 Å². The van der Waals surface area contributed by atoms with Crippen molar-refractivity contribution in [3.8, 4) is 5.75 Å². The maximum Gasteiger partial charge on any atom is 0.264 e. The van der Waals surface area contributed by atoms with Gasteiger partial charge in [-0.2, -0.15) is 0 Å². The second kappa shape index (κ2) is 9.02. The molecule has 0 radical (unpaired) electrons. The van der Waals surface area contributed by atoms with Gasteiger partial charge in [0.2, 0.25) is 5.13 Å². The molecule has 134 valence electrons. The first-order chi connectivity index (χ1) is 12.6. The number of thioether (sulfide) groups is 1. The van der Waals surface area contributed by atoms with Crippen LogP contribution in [0.15, 0.2) is 52.9 Å². The zero-order valence-corrected chi connectivity index (χ0v) is 16.3. The van der Waals surface area contributed by atoms with Crippen LogP contribution in [0.5, 0.6) is 5.75 Å². The number of nitrogens with zero attached hydrogens (tertiary/aromatic N) is 2. The lowest BCUT2D eigenvalue weighted by atomic mass is 10.1. The van der Waals surface area contributed by atoms with E-state index in [1.807, 2.05) is 12.1 Å². The second-order valence-corrected chi connectivity index (χ2v) is 8.02. The number of amides is 1. The molecule has 0 atom stereocenters. The topological polar surface area (TPSA) is 64.1 Å². The Hall–Kier alpha value is -2.09. The minimum atomic E-state index is -0.286. The largest absolute Gasteiger partial charge is 0.484 e. The standard InChI is InChI=1S/C18H16ClN3O2S2/c1-12-4-2-3-5-13(12)11-25-18-22-21-17(26-18)20-16(23)10-24-15-8-6-14(19)7-9-15/h2-9H,10-11H2,1H3,(H,20,21,23). The Labute approximate surface area is 164 Å². The number of aromatic nitrogens is 2. The zero-order chi connectivity index (χ0) is 18.4. The number of anilines is 1. The van der Waals surface area contributed by atoms with Gasteiger partial charge in [0, 0.05) is 10.8 Å². The van der Waals surface area contributed by atoms with E-state index in [4.69, 9.17) is 16.3 Å². The number of carbonyl (C=O) groups is 1. The first kappa shape index (κ1) is 18.7. The second-order valence-electron chi connectivity index (χ2n) is 5.38. The minimum absolute atomic E-state index is 0.104. The van der Waals surface area contributed by atoms with Crippen LogP contribution < -0.4 is 10.1 Å². The predicted molar refractivity (Wildman–Crippen MR) is 106 cm³/mol. The van der Waals surface area contributed by atoms with E-state index in [0.29, 0.717) is 15.9 Å². The number of rotatable bonds is 7. The molecule has 8 heteroatoms. The average molecular weight is 406 g/mol. The molecular weight excluding hydrogens is 390 g/mol. The van der Waals surface area contributed by atoms with Crippen molar-refractivity contribution in [1.29, 1.82) is 0 Å². The first-order valence-electron chi connectivity index (χ1n) is 7.79. The summed E-state index contributed by atoms with van der Waals surface area (Å²) in [4.78, 5) is 12.0. The summed E-state index contributed by atoms with van der Waals surface area (Å²) >= 11 is 8.75. The molecule has 1 N–H and O–H groups in total. The van der Waals surface area contributed by atoms with Crippen molar-refractivity contribution >= 4 is 45.7 Å². The smallest absolute Gasteiger partial charge is 0.264 e. The van der Waals surface area contributed by atoms with Crippen molar-refractivity contribution < 1.29 is 9.53 Å². The van der Waals surface area contributed by atoms with Crippen LogP contribution in [-0.2, 0) is 10.5 Å². The fourth-order valence-corrected chi connectivity index (χ4v) is 4.04. The van der Waals surface area contributed by atoms with Gasteiger partial charge in [-0.1, -0.05) is 59.0 Å².